The van der Waals surface area contributed by atoms with Gasteiger partial charge in [0, 0.05) is 4.57 Å². The van der Waals surface area contributed by atoms with Crippen molar-refractivity contribution < 1.29 is 14.4 Å². The molecule has 20 heavy (non-hydrogen) atoms. The van der Waals surface area contributed by atoms with Crippen molar-refractivity contribution in [3.8, 4) is 0 Å². The average Bonchev–Trinajstić information content (AvgIpc) is 2.30. The van der Waals surface area contributed by atoms with E-state index in [2.05, 4.69) is 39.3 Å². The van der Waals surface area contributed by atoms with Gasteiger partial charge in [0.1, 0.15) is 0 Å². The first-order valence-corrected chi connectivity index (χ1v) is 14.9. The molecule has 0 spiro atoms. The lowest BCUT2D eigenvalue weighted by molar-refractivity contribution is 0.405. The summed E-state index contributed by atoms with van der Waals surface area (Å²) < 4.78 is 8.70. The van der Waals surface area contributed by atoms with E-state index in [9.17, 15) is 0 Å². The first kappa shape index (κ1) is 26.0. The molecule has 0 unspecified atom stereocenters. The van der Waals surface area contributed by atoms with Gasteiger partial charge in [0.2, 0.25) is 0 Å². The van der Waals surface area contributed by atoms with Crippen LogP contribution in [0.15, 0.2) is 0 Å². The summed E-state index contributed by atoms with van der Waals surface area (Å²) >= 11 is -0.404. The molecule has 0 heterocycles. The Hall–Kier alpha value is 1.08. The summed E-state index contributed by atoms with van der Waals surface area (Å²) in [6.07, 6.45) is 5.64. The Morgan fingerprint density at radius 2 is 0.850 bits per heavy atom. The van der Waals surface area contributed by atoms with Crippen molar-refractivity contribution in [1.29, 1.82) is 0 Å². The van der Waals surface area contributed by atoms with Crippen LogP contribution < -0.4 is 0 Å². The molecule has 6 heteroatoms. The molecule has 0 amide bonds. The van der Waals surface area contributed by atoms with E-state index < -0.39 is 8.25 Å². The van der Waals surface area contributed by atoms with E-state index in [1.807, 2.05) is 0 Å². The van der Waals surface area contributed by atoms with Gasteiger partial charge >= 0.3 is 8.25 Å². The van der Waals surface area contributed by atoms with Gasteiger partial charge in [0.05, 0.1) is 0 Å². The van der Waals surface area contributed by atoms with Gasteiger partial charge in [0.15, 0.2) is 0 Å². The minimum Gasteiger partial charge on any atom is -0.134 e. The molecule has 0 saturated heterocycles. The fraction of sp³-hybridized carbons (Fsp3) is 1.00. The van der Waals surface area contributed by atoms with Gasteiger partial charge in [-0.1, -0.05) is 74.5 Å². The maximum Gasteiger partial charge on any atom is 0.692 e. The minimum atomic E-state index is -2.87. The molecule has 2 N–H and O–H groups in total. The zero-order chi connectivity index (χ0) is 16.4. The lowest BCUT2D eigenvalue weighted by Gasteiger charge is -1.98. The molecule has 0 radical (unpaired) electrons. The fourth-order valence-corrected chi connectivity index (χ4v) is 6.78. The maximum absolute atomic E-state index is 8.70. The summed E-state index contributed by atoms with van der Waals surface area (Å²) in [5.41, 5.74) is 0. The highest BCUT2D eigenvalue weighted by Crippen LogP contribution is 2.04. The molecule has 0 rings (SSSR count). The van der Waals surface area contributed by atoms with Gasteiger partial charge < -0.3 is 0 Å². The average molecular weight is 337 g/mol. The summed E-state index contributed by atoms with van der Waals surface area (Å²) in [4.78, 5) is 14.2. The second-order valence-electron chi connectivity index (χ2n) is 5.62. The van der Waals surface area contributed by atoms with Crippen LogP contribution in [0.5, 0.6) is 0 Å². The van der Waals surface area contributed by atoms with Crippen molar-refractivity contribution in [2.24, 2.45) is 0 Å². The predicted octanol–water partition coefficient (Wildman–Crippen LogP) is 5.49. The molecule has 3 nitrogen and oxygen atoms in total. The number of hydrogen-bond acceptors (Lipinski definition) is 1. The second-order valence-corrected chi connectivity index (χ2v) is 12.9. The van der Waals surface area contributed by atoms with Crippen LogP contribution in [0.2, 0.25) is 32.7 Å². The smallest absolute Gasteiger partial charge is 0.134 e. The van der Waals surface area contributed by atoms with Crippen LogP contribution in [0.1, 0.15) is 53.4 Å². The van der Waals surface area contributed by atoms with Gasteiger partial charge in [-0.2, -0.15) is 0 Å². The lowest BCUT2D eigenvalue weighted by Crippen LogP contribution is -2.03. The molecule has 0 aromatic heterocycles. The van der Waals surface area contributed by atoms with Crippen molar-refractivity contribution in [3.63, 3.8) is 0 Å². The molecule has 0 bridgehead atoms. The van der Waals surface area contributed by atoms with Crippen molar-refractivity contribution in [1.82, 2.24) is 0 Å². The van der Waals surface area contributed by atoms with Crippen LogP contribution in [-0.4, -0.2) is 38.1 Å². The third kappa shape index (κ3) is 36.5. The van der Waals surface area contributed by atoms with Crippen molar-refractivity contribution in [2.75, 3.05) is 0 Å². The van der Waals surface area contributed by atoms with Crippen LogP contribution in [-0.2, 0) is 4.57 Å². The summed E-state index contributed by atoms with van der Waals surface area (Å²) in [6, 6.07) is 0. The van der Waals surface area contributed by atoms with E-state index in [4.69, 9.17) is 14.4 Å². The van der Waals surface area contributed by atoms with Gasteiger partial charge in [-0.15, -0.1) is 21.4 Å². The van der Waals surface area contributed by atoms with Gasteiger partial charge in [-0.25, -0.2) is 0 Å². The van der Waals surface area contributed by atoms with E-state index in [0.29, 0.717) is 0 Å². The van der Waals surface area contributed by atoms with Gasteiger partial charge in [-0.3, -0.25) is 0 Å². The fourth-order valence-electron chi connectivity index (χ4n) is 2.26. The Labute approximate surface area is 136 Å². The SMILES string of the molecule is CC[CH2][Al]([CH3])[CH2]CC.CC[CH2][Al]([CH3])[CH2]CC.O=[P+](O)O. The molecule has 0 aromatic rings. The normalized spacial score (nSPS) is 8.80. The van der Waals surface area contributed by atoms with Crippen LogP contribution >= 0.6 is 8.25 Å². The number of rotatable bonds is 8. The third-order valence-corrected chi connectivity index (χ3v) is 9.38. The van der Waals surface area contributed by atoms with Crippen LogP contribution in [0.25, 0.3) is 0 Å². The van der Waals surface area contributed by atoms with E-state index in [1.54, 1.807) is 21.1 Å². The van der Waals surface area contributed by atoms with Gasteiger partial charge in [0.25, 0.3) is 28.3 Å². The van der Waals surface area contributed by atoms with Crippen molar-refractivity contribution in [3.05, 3.63) is 0 Å². The summed E-state index contributed by atoms with van der Waals surface area (Å²) in [6.45, 7) is 9.16. The van der Waals surface area contributed by atoms with Crippen LogP contribution in [0, 0.1) is 0 Å². The highest BCUT2D eigenvalue weighted by Gasteiger charge is 2.05. The molecule has 0 aromatic carbocycles. The molecule has 0 fully saturated rings. The molecular formula is C14H36Al2O3P+. The molecule has 0 atom stereocenters. The van der Waals surface area contributed by atoms with Crippen LogP contribution in [0.3, 0.4) is 0 Å². The Kier molecular flexibility index (Phi) is 29.1. The van der Waals surface area contributed by atoms with Crippen molar-refractivity contribution in [2.45, 2.75) is 86.1 Å². The second kappa shape index (κ2) is 22.4. The zero-order valence-electron chi connectivity index (χ0n) is 14.6. The monoisotopic (exact) mass is 337 g/mol. The Morgan fingerprint density at radius 1 is 0.700 bits per heavy atom. The first-order valence-electron chi connectivity index (χ1n) is 8.20. The van der Waals surface area contributed by atoms with Gasteiger partial charge in [-0.05, 0) is 0 Å². The molecule has 120 valence electrons. The Balaban J connectivity index is -0.000000230. The standard InChI is InChI=1S/4C3H7.2CH3.2Al.HO3P/c4*1-3-2;;;;;1-4(2)3/h4*1,3H2,2H3;2*1H3;;;(H-,1,2,3)/p+1. The van der Waals surface area contributed by atoms with E-state index in [0.717, 1.165) is 0 Å². The Bertz CT molecular complexity index is 165. The maximum atomic E-state index is 8.70. The summed E-state index contributed by atoms with van der Waals surface area (Å²) in [5.74, 6) is 4.96. The van der Waals surface area contributed by atoms with E-state index in [-0.39, 0.29) is 28.3 Å². The zero-order valence-corrected chi connectivity index (χ0v) is 17.8. The number of hydrogen-bond donors (Lipinski definition) is 2. The highest BCUT2D eigenvalue weighted by atomic mass is 31.1. The molecule has 0 saturated carbocycles. The van der Waals surface area contributed by atoms with Crippen molar-refractivity contribution >= 4 is 36.6 Å². The summed E-state index contributed by atoms with van der Waals surface area (Å²) in [7, 11) is -2.87. The molecule has 0 aliphatic rings. The third-order valence-electron chi connectivity index (χ3n) is 3.13. The topological polar surface area (TPSA) is 57.5 Å². The minimum absolute atomic E-state index is 0.202. The Morgan fingerprint density at radius 3 is 0.950 bits per heavy atom. The molecule has 0 aliphatic heterocycles. The van der Waals surface area contributed by atoms with Crippen LogP contribution in [0.4, 0.5) is 0 Å². The molecule has 0 aliphatic carbocycles. The molecular weight excluding hydrogens is 301 g/mol. The van der Waals surface area contributed by atoms with E-state index in [1.165, 1.54) is 25.7 Å². The predicted molar refractivity (Wildman–Crippen MR) is 95.7 cm³/mol. The first-order chi connectivity index (χ1) is 9.35. The summed E-state index contributed by atoms with van der Waals surface area (Å²) in [5, 5.41) is 6.20. The highest BCUT2D eigenvalue weighted by molar-refractivity contribution is 7.30. The lowest BCUT2D eigenvalue weighted by atomic mass is 10.6. The largest absolute Gasteiger partial charge is 0.692 e. The van der Waals surface area contributed by atoms with E-state index >= 15 is 0 Å². The quantitative estimate of drug-likeness (QED) is 0.455.